The van der Waals surface area contributed by atoms with Gasteiger partial charge in [-0.15, -0.1) is 0 Å². The zero-order chi connectivity index (χ0) is 12.6. The largest absolute Gasteiger partial charge is 0.311 e. The Morgan fingerprint density at radius 1 is 1.41 bits per heavy atom. The van der Waals surface area contributed by atoms with Crippen LogP contribution in [0.25, 0.3) is 0 Å². The maximum absolute atomic E-state index is 11.9. The first-order chi connectivity index (χ1) is 8.00. The van der Waals surface area contributed by atoms with Crippen molar-refractivity contribution < 1.29 is 9.59 Å². The van der Waals surface area contributed by atoms with Gasteiger partial charge in [-0.1, -0.05) is 12.1 Å². The molecule has 0 radical (unpaired) electrons. The molecule has 1 amide bonds. The molecule has 0 spiro atoms. The monoisotopic (exact) mass is 251 g/mol. The van der Waals surface area contributed by atoms with E-state index in [0.717, 1.165) is 16.8 Å². The Labute approximate surface area is 105 Å². The summed E-state index contributed by atoms with van der Waals surface area (Å²) in [5.74, 6) is -0.401. The lowest BCUT2D eigenvalue weighted by molar-refractivity contribution is -0.120. The van der Waals surface area contributed by atoms with Crippen LogP contribution < -0.4 is 4.90 Å². The highest BCUT2D eigenvalue weighted by Crippen LogP contribution is 2.30. The second-order valence-electron chi connectivity index (χ2n) is 4.43. The van der Waals surface area contributed by atoms with E-state index in [0.29, 0.717) is 6.54 Å². The molecule has 0 bridgehead atoms. The van der Waals surface area contributed by atoms with E-state index in [4.69, 9.17) is 11.6 Å². The van der Waals surface area contributed by atoms with Crippen molar-refractivity contribution in [3.63, 3.8) is 0 Å². The lowest BCUT2D eigenvalue weighted by Gasteiger charge is -2.19. The molecule has 0 unspecified atom stereocenters. The van der Waals surface area contributed by atoms with Crippen molar-refractivity contribution in [2.45, 2.75) is 20.3 Å². The Bertz CT molecular complexity index is 484. The zero-order valence-corrected chi connectivity index (χ0v) is 10.6. The number of halogens is 1. The molecule has 1 saturated heterocycles. The maximum atomic E-state index is 11.9. The smallest absolute Gasteiger partial charge is 0.227 e. The first-order valence-corrected chi connectivity index (χ1v) is 5.94. The molecule has 0 N–H and O–H groups in total. The molecule has 1 aromatic rings. The number of anilines is 1. The average molecular weight is 252 g/mol. The molecule has 2 rings (SSSR count). The topological polar surface area (TPSA) is 37.4 Å². The summed E-state index contributed by atoms with van der Waals surface area (Å²) in [5.41, 5.74) is 3.09. The summed E-state index contributed by atoms with van der Waals surface area (Å²) in [6.07, 6.45) is 0.218. The van der Waals surface area contributed by atoms with Gasteiger partial charge in [0.25, 0.3) is 0 Å². The second kappa shape index (κ2) is 4.49. The van der Waals surface area contributed by atoms with Gasteiger partial charge in [0.2, 0.25) is 11.1 Å². The van der Waals surface area contributed by atoms with Gasteiger partial charge >= 0.3 is 0 Å². The summed E-state index contributed by atoms with van der Waals surface area (Å²) in [7, 11) is 0. The fraction of sp³-hybridized carbons (Fsp3) is 0.385. The van der Waals surface area contributed by atoms with Crippen LogP contribution in [0.1, 0.15) is 17.5 Å². The minimum atomic E-state index is -0.425. The molecule has 4 heteroatoms. The minimum Gasteiger partial charge on any atom is -0.311 e. The van der Waals surface area contributed by atoms with Crippen molar-refractivity contribution in [1.29, 1.82) is 0 Å². The van der Waals surface area contributed by atoms with Gasteiger partial charge in [0.05, 0.1) is 5.92 Å². The molecular formula is C13H14ClNO2. The molecule has 1 aromatic carbocycles. The standard InChI is InChI=1S/C13H14ClNO2/c1-8-4-3-5-11(9(8)2)15-7-10(13(14)17)6-12(15)16/h3-5,10H,6-7H2,1-2H3/t10-/m1/s1. The molecule has 0 aliphatic carbocycles. The van der Waals surface area contributed by atoms with Gasteiger partial charge in [0.15, 0.2) is 0 Å². The number of rotatable bonds is 2. The van der Waals surface area contributed by atoms with Crippen LogP contribution in [0, 0.1) is 19.8 Å². The third kappa shape index (κ3) is 2.20. The summed E-state index contributed by atoms with van der Waals surface area (Å²) < 4.78 is 0. The van der Waals surface area contributed by atoms with Crippen molar-refractivity contribution in [2.75, 3.05) is 11.4 Å². The van der Waals surface area contributed by atoms with Crippen molar-refractivity contribution in [1.82, 2.24) is 0 Å². The van der Waals surface area contributed by atoms with Gasteiger partial charge in [-0.05, 0) is 42.6 Å². The van der Waals surface area contributed by atoms with E-state index >= 15 is 0 Å². The summed E-state index contributed by atoms with van der Waals surface area (Å²) in [5, 5.41) is -0.425. The second-order valence-corrected chi connectivity index (χ2v) is 4.80. The predicted octanol–water partition coefficient (Wildman–Crippen LogP) is 2.42. The Hall–Kier alpha value is -1.35. The van der Waals surface area contributed by atoms with Gasteiger partial charge in [-0.25, -0.2) is 0 Å². The Morgan fingerprint density at radius 3 is 2.71 bits per heavy atom. The molecule has 1 aliphatic rings. The molecule has 0 saturated carbocycles. The highest BCUT2D eigenvalue weighted by Gasteiger charge is 2.34. The third-order valence-electron chi connectivity index (χ3n) is 3.31. The van der Waals surface area contributed by atoms with E-state index in [-0.39, 0.29) is 18.2 Å². The van der Waals surface area contributed by atoms with Crippen LogP contribution in [0.4, 0.5) is 5.69 Å². The maximum Gasteiger partial charge on any atom is 0.227 e. The number of aryl methyl sites for hydroxylation is 1. The average Bonchev–Trinajstić information content (AvgIpc) is 2.65. The minimum absolute atomic E-state index is 0.0299. The summed E-state index contributed by atoms with van der Waals surface area (Å²) >= 11 is 5.46. The quantitative estimate of drug-likeness (QED) is 0.757. The summed E-state index contributed by atoms with van der Waals surface area (Å²) in [4.78, 5) is 24.6. The van der Waals surface area contributed by atoms with Crippen molar-refractivity contribution in [3.8, 4) is 0 Å². The summed E-state index contributed by atoms with van der Waals surface area (Å²) in [6.45, 7) is 4.38. The van der Waals surface area contributed by atoms with Crippen LogP contribution in [-0.4, -0.2) is 17.7 Å². The van der Waals surface area contributed by atoms with Crippen molar-refractivity contribution in [3.05, 3.63) is 29.3 Å². The summed E-state index contributed by atoms with van der Waals surface area (Å²) in [6, 6.07) is 5.83. The Morgan fingerprint density at radius 2 is 2.12 bits per heavy atom. The molecule has 0 aromatic heterocycles. The Balaban J connectivity index is 2.32. The first-order valence-electron chi connectivity index (χ1n) is 5.56. The van der Waals surface area contributed by atoms with Crippen LogP contribution in [0.15, 0.2) is 18.2 Å². The molecule has 90 valence electrons. The van der Waals surface area contributed by atoms with Gasteiger partial charge in [-0.2, -0.15) is 0 Å². The van der Waals surface area contributed by atoms with E-state index < -0.39 is 5.24 Å². The fourth-order valence-corrected chi connectivity index (χ4v) is 2.27. The van der Waals surface area contributed by atoms with Crippen LogP contribution in [0.5, 0.6) is 0 Å². The van der Waals surface area contributed by atoms with Crippen molar-refractivity contribution >= 4 is 28.4 Å². The molecular weight excluding hydrogens is 238 g/mol. The predicted molar refractivity (Wildman–Crippen MR) is 67.2 cm³/mol. The van der Waals surface area contributed by atoms with Crippen molar-refractivity contribution in [2.24, 2.45) is 5.92 Å². The van der Waals surface area contributed by atoms with Crippen LogP contribution >= 0.6 is 11.6 Å². The highest BCUT2D eigenvalue weighted by atomic mass is 35.5. The fourth-order valence-electron chi connectivity index (χ4n) is 2.12. The molecule has 1 aliphatic heterocycles. The highest BCUT2D eigenvalue weighted by molar-refractivity contribution is 6.64. The number of nitrogens with zero attached hydrogens (tertiary/aromatic N) is 1. The SMILES string of the molecule is Cc1cccc(N2C[C@H](C(=O)Cl)CC2=O)c1C. The zero-order valence-electron chi connectivity index (χ0n) is 9.87. The van der Waals surface area contributed by atoms with Crippen LogP contribution in [-0.2, 0) is 9.59 Å². The van der Waals surface area contributed by atoms with E-state index in [1.54, 1.807) is 4.90 Å². The molecule has 17 heavy (non-hydrogen) atoms. The number of benzene rings is 1. The number of hydrogen-bond donors (Lipinski definition) is 0. The van der Waals surface area contributed by atoms with E-state index in [1.807, 2.05) is 32.0 Å². The van der Waals surface area contributed by atoms with Gasteiger partial charge < -0.3 is 4.90 Å². The number of carbonyl (C=O) groups is 2. The third-order valence-corrected chi connectivity index (χ3v) is 3.62. The molecule has 1 atom stereocenters. The van der Waals surface area contributed by atoms with Gasteiger partial charge in [0.1, 0.15) is 0 Å². The lowest BCUT2D eigenvalue weighted by atomic mass is 10.1. The van der Waals surface area contributed by atoms with Crippen LogP contribution in [0.2, 0.25) is 0 Å². The molecule has 1 heterocycles. The first kappa shape index (κ1) is 12.1. The van der Waals surface area contributed by atoms with E-state index in [2.05, 4.69) is 0 Å². The number of amides is 1. The Kier molecular flexibility index (Phi) is 3.20. The molecule has 1 fully saturated rings. The van der Waals surface area contributed by atoms with Gasteiger partial charge in [0, 0.05) is 18.7 Å². The van der Waals surface area contributed by atoms with Crippen LogP contribution in [0.3, 0.4) is 0 Å². The lowest BCUT2D eigenvalue weighted by Crippen LogP contribution is -2.26. The normalized spacial score (nSPS) is 19.8. The van der Waals surface area contributed by atoms with E-state index in [9.17, 15) is 9.59 Å². The van der Waals surface area contributed by atoms with E-state index in [1.165, 1.54) is 0 Å². The number of carbonyl (C=O) groups excluding carboxylic acids is 2. The number of hydrogen-bond acceptors (Lipinski definition) is 2. The van der Waals surface area contributed by atoms with Gasteiger partial charge in [-0.3, -0.25) is 9.59 Å². The molecule has 3 nitrogen and oxygen atoms in total.